The number of fused-ring (bicyclic) bond motifs is 1. The zero-order valence-electron chi connectivity index (χ0n) is 13.0. The summed E-state index contributed by atoms with van der Waals surface area (Å²) in [5.74, 6) is 0.102. The van der Waals surface area contributed by atoms with Crippen LogP contribution in [0, 0.1) is 0 Å². The van der Waals surface area contributed by atoms with Gasteiger partial charge in [-0.25, -0.2) is 0 Å². The minimum absolute atomic E-state index is 0.102. The molecule has 3 heteroatoms. The van der Waals surface area contributed by atoms with E-state index < -0.39 is 0 Å². The Morgan fingerprint density at radius 2 is 1.54 bits per heavy atom. The molecule has 1 unspecified atom stereocenters. The number of para-hydroxylation sites is 1. The molecule has 0 fully saturated rings. The third-order valence-electron chi connectivity index (χ3n) is 4.42. The van der Waals surface area contributed by atoms with Gasteiger partial charge in [-0.2, -0.15) is 0 Å². The van der Waals surface area contributed by atoms with E-state index in [0.29, 0.717) is 11.4 Å². The molecule has 0 aromatic heterocycles. The van der Waals surface area contributed by atoms with Gasteiger partial charge in [0.05, 0.1) is 12.5 Å². The van der Waals surface area contributed by atoms with E-state index in [-0.39, 0.29) is 11.9 Å². The Morgan fingerprint density at radius 3 is 2.25 bits per heavy atom. The molecule has 0 spiro atoms. The van der Waals surface area contributed by atoms with E-state index >= 15 is 0 Å². The first kappa shape index (κ1) is 15.0. The van der Waals surface area contributed by atoms with E-state index in [1.54, 1.807) is 0 Å². The number of hydrogen-bond donors (Lipinski definition) is 0. The summed E-state index contributed by atoms with van der Waals surface area (Å²) in [6.45, 7) is 0. The van der Waals surface area contributed by atoms with Gasteiger partial charge in [-0.3, -0.25) is 4.79 Å². The zero-order valence-corrected chi connectivity index (χ0v) is 13.8. The molecule has 0 saturated carbocycles. The lowest BCUT2D eigenvalue weighted by Gasteiger charge is -2.37. The highest BCUT2D eigenvalue weighted by atomic mass is 35.5. The number of benzene rings is 3. The van der Waals surface area contributed by atoms with Crippen molar-refractivity contribution in [3.8, 4) is 0 Å². The van der Waals surface area contributed by atoms with Crippen molar-refractivity contribution in [3.05, 3.63) is 101 Å². The molecule has 3 aromatic rings. The minimum atomic E-state index is -0.163. The highest BCUT2D eigenvalue weighted by molar-refractivity contribution is 6.30. The quantitative estimate of drug-likeness (QED) is 0.645. The summed E-state index contributed by atoms with van der Waals surface area (Å²) in [7, 11) is 0. The number of anilines is 1. The van der Waals surface area contributed by atoms with Crippen LogP contribution in [-0.2, 0) is 11.2 Å². The van der Waals surface area contributed by atoms with E-state index in [4.69, 9.17) is 11.6 Å². The van der Waals surface area contributed by atoms with Gasteiger partial charge in [-0.1, -0.05) is 66.2 Å². The fraction of sp³-hybridized carbons (Fsp3) is 0.0952. The van der Waals surface area contributed by atoms with Gasteiger partial charge in [0.2, 0.25) is 5.91 Å². The fourth-order valence-electron chi connectivity index (χ4n) is 3.36. The molecule has 24 heavy (non-hydrogen) atoms. The maximum atomic E-state index is 12.9. The van der Waals surface area contributed by atoms with Gasteiger partial charge in [0.15, 0.2) is 0 Å². The second kappa shape index (κ2) is 6.14. The number of nitrogens with zero attached hydrogens (tertiary/aromatic N) is 1. The average molecular weight is 334 g/mol. The van der Waals surface area contributed by atoms with Gasteiger partial charge < -0.3 is 4.90 Å². The molecule has 0 saturated heterocycles. The third kappa shape index (κ3) is 2.59. The Morgan fingerprint density at radius 1 is 0.875 bits per heavy atom. The number of rotatable bonds is 2. The first-order chi connectivity index (χ1) is 11.7. The molecule has 0 radical (unpaired) electrons. The SMILES string of the molecule is O=C1Cc2ccc(Cl)cc2C(c2ccccc2)N1c1ccccc1. The average Bonchev–Trinajstić information content (AvgIpc) is 2.62. The summed E-state index contributed by atoms with van der Waals surface area (Å²) in [5.41, 5.74) is 4.13. The van der Waals surface area contributed by atoms with Crippen LogP contribution in [0.4, 0.5) is 5.69 Å². The van der Waals surface area contributed by atoms with Crippen molar-refractivity contribution in [2.75, 3.05) is 4.90 Å². The smallest absolute Gasteiger partial charge is 0.232 e. The summed E-state index contributed by atoms with van der Waals surface area (Å²) in [6, 6.07) is 25.6. The molecule has 0 aliphatic carbocycles. The molecule has 2 nitrogen and oxygen atoms in total. The van der Waals surface area contributed by atoms with E-state index in [1.165, 1.54) is 0 Å². The van der Waals surface area contributed by atoms with Gasteiger partial charge in [-0.05, 0) is 41.0 Å². The number of halogens is 1. The normalized spacial score (nSPS) is 16.8. The third-order valence-corrected chi connectivity index (χ3v) is 4.66. The molecular formula is C21H16ClNO. The van der Waals surface area contributed by atoms with Gasteiger partial charge in [0.1, 0.15) is 0 Å². The predicted octanol–water partition coefficient (Wildman–Crippen LogP) is 5.02. The first-order valence-electron chi connectivity index (χ1n) is 7.94. The fourth-order valence-corrected chi connectivity index (χ4v) is 3.54. The van der Waals surface area contributed by atoms with Crippen molar-refractivity contribution in [1.29, 1.82) is 0 Å². The van der Waals surface area contributed by atoms with E-state index in [9.17, 15) is 4.79 Å². The van der Waals surface area contributed by atoms with E-state index in [2.05, 4.69) is 12.1 Å². The van der Waals surface area contributed by atoms with E-state index in [1.807, 2.05) is 71.6 Å². The molecule has 0 bridgehead atoms. The summed E-state index contributed by atoms with van der Waals surface area (Å²) in [6.07, 6.45) is 0.394. The number of carbonyl (C=O) groups excluding carboxylic acids is 1. The van der Waals surface area contributed by atoms with Crippen LogP contribution in [0.1, 0.15) is 22.7 Å². The van der Waals surface area contributed by atoms with Crippen LogP contribution in [0.3, 0.4) is 0 Å². The Hall–Kier alpha value is -2.58. The summed E-state index contributed by atoms with van der Waals surface area (Å²) in [5, 5.41) is 0.692. The topological polar surface area (TPSA) is 20.3 Å². The van der Waals surface area contributed by atoms with Crippen molar-refractivity contribution in [2.24, 2.45) is 0 Å². The van der Waals surface area contributed by atoms with Gasteiger partial charge in [0.25, 0.3) is 0 Å². The lowest BCUT2D eigenvalue weighted by Crippen LogP contribution is -2.41. The lowest BCUT2D eigenvalue weighted by atomic mass is 9.87. The Labute approximate surface area is 146 Å². The largest absolute Gasteiger partial charge is 0.300 e. The number of carbonyl (C=O) groups is 1. The van der Waals surface area contributed by atoms with E-state index in [0.717, 1.165) is 22.4 Å². The Balaban J connectivity index is 1.94. The maximum absolute atomic E-state index is 12.9. The lowest BCUT2D eigenvalue weighted by molar-refractivity contribution is -0.118. The molecule has 1 amide bonds. The van der Waals surface area contributed by atoms with Crippen LogP contribution >= 0.6 is 11.6 Å². The van der Waals surface area contributed by atoms with Crippen molar-refractivity contribution < 1.29 is 4.79 Å². The standard InChI is InChI=1S/C21H16ClNO/c22-17-12-11-16-13-20(24)23(18-9-5-2-6-10-18)21(19(16)14-17)15-7-3-1-4-8-15/h1-12,14,21H,13H2. The highest BCUT2D eigenvalue weighted by Crippen LogP contribution is 2.39. The summed E-state index contributed by atoms with van der Waals surface area (Å²) >= 11 is 6.26. The monoisotopic (exact) mass is 333 g/mol. The molecule has 1 aliphatic heterocycles. The first-order valence-corrected chi connectivity index (χ1v) is 8.32. The molecule has 3 aromatic carbocycles. The molecule has 4 rings (SSSR count). The van der Waals surface area contributed by atoms with Crippen LogP contribution < -0.4 is 4.90 Å². The van der Waals surface area contributed by atoms with Crippen molar-refractivity contribution in [3.63, 3.8) is 0 Å². The van der Waals surface area contributed by atoms with Crippen LogP contribution in [0.15, 0.2) is 78.9 Å². The number of amides is 1. The second-order valence-corrected chi connectivity index (χ2v) is 6.37. The van der Waals surface area contributed by atoms with Gasteiger partial charge >= 0.3 is 0 Å². The van der Waals surface area contributed by atoms with Crippen LogP contribution in [0.25, 0.3) is 0 Å². The molecule has 0 N–H and O–H groups in total. The van der Waals surface area contributed by atoms with Crippen LogP contribution in [0.5, 0.6) is 0 Å². The van der Waals surface area contributed by atoms with Gasteiger partial charge in [-0.15, -0.1) is 0 Å². The van der Waals surface area contributed by atoms with Crippen molar-refractivity contribution >= 4 is 23.2 Å². The minimum Gasteiger partial charge on any atom is -0.300 e. The Bertz CT molecular complexity index is 877. The zero-order chi connectivity index (χ0) is 16.5. The highest BCUT2D eigenvalue weighted by Gasteiger charge is 2.34. The molecule has 1 atom stereocenters. The molecule has 1 heterocycles. The predicted molar refractivity (Wildman–Crippen MR) is 97.4 cm³/mol. The molecule has 1 aliphatic rings. The maximum Gasteiger partial charge on any atom is 0.232 e. The Kier molecular flexibility index (Phi) is 3.83. The van der Waals surface area contributed by atoms with Crippen LogP contribution in [0.2, 0.25) is 5.02 Å². The summed E-state index contributed by atoms with van der Waals surface area (Å²) < 4.78 is 0. The van der Waals surface area contributed by atoms with Crippen molar-refractivity contribution in [1.82, 2.24) is 0 Å². The molecular weight excluding hydrogens is 318 g/mol. The number of hydrogen-bond acceptors (Lipinski definition) is 1. The molecule has 118 valence electrons. The second-order valence-electron chi connectivity index (χ2n) is 5.93. The van der Waals surface area contributed by atoms with Crippen LogP contribution in [-0.4, -0.2) is 5.91 Å². The van der Waals surface area contributed by atoms with Crippen molar-refractivity contribution in [2.45, 2.75) is 12.5 Å². The summed E-state index contributed by atoms with van der Waals surface area (Å²) in [4.78, 5) is 14.8. The van der Waals surface area contributed by atoms with Gasteiger partial charge in [0, 0.05) is 10.7 Å².